The molecule has 0 aliphatic heterocycles. The van der Waals surface area contributed by atoms with E-state index in [1.807, 2.05) is 11.3 Å². The van der Waals surface area contributed by atoms with E-state index in [-0.39, 0.29) is 5.41 Å². The van der Waals surface area contributed by atoms with Crippen LogP contribution < -0.4 is 4.80 Å². The molecule has 0 bridgehead atoms. The highest BCUT2D eigenvalue weighted by Crippen LogP contribution is 2.49. The van der Waals surface area contributed by atoms with Gasteiger partial charge in [0.2, 0.25) is 0 Å². The van der Waals surface area contributed by atoms with Gasteiger partial charge in [-0.15, -0.1) is 11.3 Å². The fraction of sp³-hybridized carbons (Fsp3) is 0.480. The average molecular weight is 393 g/mol. The molecule has 1 heterocycles. The molecule has 0 unspecified atom stereocenters. The second-order valence-electron chi connectivity index (χ2n) is 8.14. The van der Waals surface area contributed by atoms with Gasteiger partial charge in [-0.1, -0.05) is 75.6 Å². The summed E-state index contributed by atoms with van der Waals surface area (Å²) in [4.78, 5) is 6.19. The summed E-state index contributed by atoms with van der Waals surface area (Å²) in [6.45, 7) is 6.56. The van der Waals surface area contributed by atoms with Crippen LogP contribution in [0.3, 0.4) is 0 Å². The van der Waals surface area contributed by atoms with Gasteiger partial charge in [0, 0.05) is 29.6 Å². The Kier molecular flexibility index (Phi) is 6.01. The second kappa shape index (κ2) is 8.65. The van der Waals surface area contributed by atoms with Crippen LogP contribution in [0.1, 0.15) is 70.1 Å². The molecule has 0 saturated heterocycles. The molecule has 0 radical (unpaired) electrons. The van der Waals surface area contributed by atoms with Crippen LogP contribution in [0.15, 0.2) is 52.8 Å². The minimum Gasteiger partial charge on any atom is -0.320 e. The number of hydrogen-bond donors (Lipinski definition) is 0. The van der Waals surface area contributed by atoms with Crippen molar-refractivity contribution in [3.63, 3.8) is 0 Å². The number of fused-ring (bicyclic) bond motifs is 1. The number of unbranched alkanes of at least 4 members (excludes halogenated alkanes) is 2. The first-order chi connectivity index (χ1) is 13.8. The van der Waals surface area contributed by atoms with Crippen molar-refractivity contribution in [3.8, 4) is 0 Å². The van der Waals surface area contributed by atoms with E-state index >= 15 is 0 Å². The number of thiazole rings is 1. The topological polar surface area (TPSA) is 17.3 Å². The number of nitrogens with zero attached hydrogens (tertiary/aromatic N) is 2. The molecule has 148 valence electrons. The van der Waals surface area contributed by atoms with Crippen LogP contribution in [0.2, 0.25) is 0 Å². The summed E-state index contributed by atoms with van der Waals surface area (Å²) < 4.78 is 2.55. The summed E-state index contributed by atoms with van der Waals surface area (Å²) in [6.07, 6.45) is 8.65. The van der Waals surface area contributed by atoms with E-state index in [1.54, 1.807) is 0 Å². The van der Waals surface area contributed by atoms with Crippen LogP contribution in [-0.4, -0.2) is 11.1 Å². The molecule has 1 saturated carbocycles. The molecule has 1 aliphatic carbocycles. The van der Waals surface area contributed by atoms with Crippen molar-refractivity contribution in [1.82, 2.24) is 4.57 Å². The van der Waals surface area contributed by atoms with Gasteiger partial charge in [-0.05, 0) is 42.0 Å². The highest BCUT2D eigenvalue weighted by Gasteiger charge is 2.42. The van der Waals surface area contributed by atoms with Gasteiger partial charge < -0.3 is 4.57 Å². The smallest absolute Gasteiger partial charge is 0.184 e. The third-order valence-corrected chi connectivity index (χ3v) is 7.19. The van der Waals surface area contributed by atoms with Crippen LogP contribution in [0.25, 0.3) is 10.8 Å². The van der Waals surface area contributed by atoms with Crippen molar-refractivity contribution in [2.75, 3.05) is 6.54 Å². The molecule has 0 atom stereocenters. The maximum atomic E-state index is 4.97. The number of hydrogen-bond acceptors (Lipinski definition) is 2. The van der Waals surface area contributed by atoms with Gasteiger partial charge in [-0.3, -0.25) is 4.99 Å². The summed E-state index contributed by atoms with van der Waals surface area (Å²) in [6, 6.07) is 15.8. The van der Waals surface area contributed by atoms with Gasteiger partial charge in [-0.25, -0.2) is 0 Å². The fourth-order valence-electron chi connectivity index (χ4n) is 4.41. The Morgan fingerprint density at radius 1 is 1.00 bits per heavy atom. The maximum Gasteiger partial charge on any atom is 0.184 e. The molecule has 2 nitrogen and oxygen atoms in total. The lowest BCUT2D eigenvalue weighted by Crippen LogP contribution is -2.39. The Morgan fingerprint density at radius 3 is 2.50 bits per heavy atom. The van der Waals surface area contributed by atoms with Crippen LogP contribution in [-0.2, 0) is 12.0 Å². The van der Waals surface area contributed by atoms with E-state index in [1.165, 1.54) is 71.8 Å². The van der Waals surface area contributed by atoms with E-state index in [2.05, 4.69) is 66.3 Å². The third kappa shape index (κ3) is 3.57. The summed E-state index contributed by atoms with van der Waals surface area (Å²) in [5.41, 5.74) is 3.16. The van der Waals surface area contributed by atoms with Gasteiger partial charge in [0.15, 0.2) is 4.80 Å². The van der Waals surface area contributed by atoms with Gasteiger partial charge in [0.1, 0.15) is 0 Å². The van der Waals surface area contributed by atoms with Gasteiger partial charge in [-0.2, -0.15) is 0 Å². The molecule has 1 aromatic heterocycles. The molecule has 3 heteroatoms. The van der Waals surface area contributed by atoms with Crippen LogP contribution >= 0.6 is 11.3 Å². The monoisotopic (exact) mass is 392 g/mol. The van der Waals surface area contributed by atoms with Gasteiger partial charge in [0.05, 0.1) is 0 Å². The van der Waals surface area contributed by atoms with Crippen molar-refractivity contribution < 1.29 is 0 Å². The molecule has 0 spiro atoms. The quantitative estimate of drug-likeness (QED) is 0.381. The van der Waals surface area contributed by atoms with Crippen LogP contribution in [0.4, 0.5) is 0 Å². The standard InChI is InChI=1S/C25H32N2S/c1-3-5-16-26-24-27(17-6-4-2)23(19-28-24)25(14-9-15-25)22-13-12-20-10-7-8-11-21(20)18-22/h7-8,10-13,18-19H,3-6,9,14-17H2,1-2H3. The molecule has 28 heavy (non-hydrogen) atoms. The van der Waals surface area contributed by atoms with E-state index in [4.69, 9.17) is 4.99 Å². The first-order valence-corrected chi connectivity index (χ1v) is 11.8. The summed E-state index contributed by atoms with van der Waals surface area (Å²) in [5, 5.41) is 5.10. The Labute approximate surface area is 173 Å². The SMILES string of the molecule is CCCCN=c1scc(C2(c3ccc4ccccc4c3)CCC2)n1CCCC. The maximum absolute atomic E-state index is 4.97. The molecule has 2 aromatic carbocycles. The third-order valence-electron chi connectivity index (χ3n) is 6.29. The van der Waals surface area contributed by atoms with Crippen molar-refractivity contribution in [1.29, 1.82) is 0 Å². The van der Waals surface area contributed by atoms with Crippen LogP contribution in [0, 0.1) is 0 Å². The Hall–Kier alpha value is -1.87. The molecule has 0 N–H and O–H groups in total. The zero-order valence-corrected chi connectivity index (χ0v) is 18.1. The Balaban J connectivity index is 1.79. The zero-order chi connectivity index (χ0) is 19.4. The molecular formula is C25H32N2S. The van der Waals surface area contributed by atoms with E-state index in [0.717, 1.165) is 13.1 Å². The van der Waals surface area contributed by atoms with Crippen molar-refractivity contribution in [3.05, 3.63) is 63.9 Å². The van der Waals surface area contributed by atoms with Gasteiger partial charge >= 0.3 is 0 Å². The largest absolute Gasteiger partial charge is 0.320 e. The predicted octanol–water partition coefficient (Wildman–Crippen LogP) is 6.67. The van der Waals surface area contributed by atoms with E-state index in [0.29, 0.717) is 0 Å². The minimum absolute atomic E-state index is 0.173. The van der Waals surface area contributed by atoms with E-state index < -0.39 is 0 Å². The zero-order valence-electron chi connectivity index (χ0n) is 17.3. The first-order valence-electron chi connectivity index (χ1n) is 11.0. The summed E-state index contributed by atoms with van der Waals surface area (Å²) >= 11 is 1.85. The lowest BCUT2D eigenvalue weighted by molar-refractivity contribution is 0.282. The average Bonchev–Trinajstić information content (AvgIpc) is 3.08. The lowest BCUT2D eigenvalue weighted by Gasteiger charge is -2.43. The molecule has 0 amide bonds. The second-order valence-corrected chi connectivity index (χ2v) is 8.98. The molecule has 1 aliphatic rings. The van der Waals surface area contributed by atoms with Crippen molar-refractivity contribution >= 4 is 22.1 Å². The molecule has 3 aromatic rings. The minimum atomic E-state index is 0.173. The highest BCUT2D eigenvalue weighted by molar-refractivity contribution is 7.07. The Morgan fingerprint density at radius 2 is 1.79 bits per heavy atom. The number of benzene rings is 2. The van der Waals surface area contributed by atoms with Crippen molar-refractivity contribution in [2.45, 2.75) is 70.8 Å². The Bertz CT molecular complexity index is 991. The fourth-order valence-corrected chi connectivity index (χ4v) is 5.46. The summed E-state index contributed by atoms with van der Waals surface area (Å²) in [5.74, 6) is 0. The van der Waals surface area contributed by atoms with Crippen molar-refractivity contribution in [2.24, 2.45) is 4.99 Å². The lowest BCUT2D eigenvalue weighted by atomic mass is 9.62. The molecule has 1 fully saturated rings. The molecular weight excluding hydrogens is 360 g/mol. The molecule has 4 rings (SSSR count). The summed E-state index contributed by atoms with van der Waals surface area (Å²) in [7, 11) is 0. The first kappa shape index (κ1) is 19.4. The predicted molar refractivity (Wildman–Crippen MR) is 121 cm³/mol. The normalized spacial score (nSPS) is 16.4. The van der Waals surface area contributed by atoms with Gasteiger partial charge in [0.25, 0.3) is 0 Å². The number of rotatable bonds is 8. The highest BCUT2D eigenvalue weighted by atomic mass is 32.1. The van der Waals surface area contributed by atoms with E-state index in [9.17, 15) is 0 Å². The van der Waals surface area contributed by atoms with Crippen LogP contribution in [0.5, 0.6) is 0 Å². The number of aromatic nitrogens is 1.